The number of piperazine rings is 1. The molecule has 0 atom stereocenters. The van der Waals surface area contributed by atoms with Gasteiger partial charge in [0.05, 0.1) is 19.1 Å². The first-order valence-electron chi connectivity index (χ1n) is 10.2. The molecule has 0 N–H and O–H groups in total. The van der Waals surface area contributed by atoms with Crippen LogP contribution < -0.4 is 9.04 Å². The number of rotatable bonds is 8. The Labute approximate surface area is 184 Å². The van der Waals surface area contributed by atoms with E-state index in [1.807, 2.05) is 18.2 Å². The highest BCUT2D eigenvalue weighted by molar-refractivity contribution is 7.92. The van der Waals surface area contributed by atoms with Crippen molar-refractivity contribution >= 4 is 27.7 Å². The average molecular weight is 444 g/mol. The predicted octanol–water partition coefficient (Wildman–Crippen LogP) is 2.32. The molecule has 0 saturated carbocycles. The Morgan fingerprint density at radius 3 is 2.26 bits per heavy atom. The van der Waals surface area contributed by atoms with Gasteiger partial charge in [-0.2, -0.15) is 0 Å². The van der Waals surface area contributed by atoms with Crippen molar-refractivity contribution in [3.8, 4) is 5.75 Å². The summed E-state index contributed by atoms with van der Waals surface area (Å²) in [6.07, 6.45) is 5.33. The summed E-state index contributed by atoms with van der Waals surface area (Å²) in [4.78, 5) is 16.8. The molecule has 0 aromatic heterocycles. The van der Waals surface area contributed by atoms with Crippen LogP contribution >= 0.6 is 0 Å². The van der Waals surface area contributed by atoms with E-state index < -0.39 is 10.0 Å². The van der Waals surface area contributed by atoms with E-state index in [0.717, 1.165) is 35.8 Å². The highest BCUT2D eigenvalue weighted by Gasteiger charge is 2.26. The number of methoxy groups -OCH3 is 1. The van der Waals surface area contributed by atoms with Crippen molar-refractivity contribution in [2.75, 3.05) is 56.9 Å². The maximum Gasteiger partial charge on any atom is 0.243 e. The Morgan fingerprint density at radius 1 is 1.03 bits per heavy atom. The molecule has 0 spiro atoms. The van der Waals surface area contributed by atoms with E-state index in [9.17, 15) is 13.2 Å². The molecule has 1 amide bonds. The summed E-state index contributed by atoms with van der Waals surface area (Å²) < 4.78 is 30.9. The molecule has 1 heterocycles. The fraction of sp³-hybridized carbons (Fsp3) is 0.348. The largest absolute Gasteiger partial charge is 0.497 e. The van der Waals surface area contributed by atoms with Crippen LogP contribution in [0.4, 0.5) is 5.69 Å². The number of carbonyl (C=O) groups excluding carboxylic acids is 1. The van der Waals surface area contributed by atoms with E-state index >= 15 is 0 Å². The molecule has 3 rings (SSSR count). The molecule has 166 valence electrons. The number of anilines is 1. The number of carbonyl (C=O) groups is 1. The van der Waals surface area contributed by atoms with E-state index in [1.165, 1.54) is 0 Å². The van der Waals surface area contributed by atoms with E-state index in [-0.39, 0.29) is 12.5 Å². The summed E-state index contributed by atoms with van der Waals surface area (Å²) in [7, 11) is -2.05. The van der Waals surface area contributed by atoms with Crippen LogP contribution in [0.25, 0.3) is 6.08 Å². The number of amides is 1. The normalized spacial score (nSPS) is 15.2. The van der Waals surface area contributed by atoms with Crippen LogP contribution in [-0.4, -0.2) is 76.8 Å². The minimum Gasteiger partial charge on any atom is -0.497 e. The van der Waals surface area contributed by atoms with Crippen molar-refractivity contribution in [1.82, 2.24) is 9.80 Å². The Bertz CT molecular complexity index is 983. The van der Waals surface area contributed by atoms with Crippen LogP contribution in [0.15, 0.2) is 60.7 Å². The highest BCUT2D eigenvalue weighted by atomic mass is 32.2. The lowest BCUT2D eigenvalue weighted by atomic mass is 10.2. The molecule has 8 heteroatoms. The van der Waals surface area contributed by atoms with Crippen LogP contribution in [0.2, 0.25) is 0 Å². The molecule has 0 bridgehead atoms. The third kappa shape index (κ3) is 6.57. The Kier molecular flexibility index (Phi) is 7.70. The van der Waals surface area contributed by atoms with Gasteiger partial charge >= 0.3 is 0 Å². The maximum atomic E-state index is 12.8. The van der Waals surface area contributed by atoms with Gasteiger partial charge in [-0.1, -0.05) is 42.5 Å². The second kappa shape index (κ2) is 10.5. The monoisotopic (exact) mass is 443 g/mol. The second-order valence-corrected chi connectivity index (χ2v) is 9.37. The number of sulfonamides is 1. The van der Waals surface area contributed by atoms with Gasteiger partial charge in [-0.05, 0) is 29.8 Å². The van der Waals surface area contributed by atoms with Gasteiger partial charge in [0.15, 0.2) is 0 Å². The average Bonchev–Trinajstić information content (AvgIpc) is 2.78. The van der Waals surface area contributed by atoms with Crippen molar-refractivity contribution in [1.29, 1.82) is 0 Å². The fourth-order valence-electron chi connectivity index (χ4n) is 3.45. The third-order valence-electron chi connectivity index (χ3n) is 5.24. The van der Waals surface area contributed by atoms with Gasteiger partial charge in [0.1, 0.15) is 12.3 Å². The number of hydrogen-bond donors (Lipinski definition) is 0. The van der Waals surface area contributed by atoms with Gasteiger partial charge < -0.3 is 9.64 Å². The van der Waals surface area contributed by atoms with E-state index in [2.05, 4.69) is 29.2 Å². The summed E-state index contributed by atoms with van der Waals surface area (Å²) in [5, 5.41) is 0. The van der Waals surface area contributed by atoms with Gasteiger partial charge in [-0.3, -0.25) is 14.0 Å². The van der Waals surface area contributed by atoms with E-state index in [1.54, 1.807) is 36.3 Å². The first kappa shape index (κ1) is 22.8. The minimum absolute atomic E-state index is 0.194. The number of ether oxygens (including phenoxy) is 1. The first-order chi connectivity index (χ1) is 14.9. The smallest absolute Gasteiger partial charge is 0.243 e. The number of benzene rings is 2. The van der Waals surface area contributed by atoms with Crippen LogP contribution in [0.3, 0.4) is 0 Å². The van der Waals surface area contributed by atoms with Crippen LogP contribution in [0.1, 0.15) is 5.56 Å². The van der Waals surface area contributed by atoms with Gasteiger partial charge in [0.25, 0.3) is 0 Å². The lowest BCUT2D eigenvalue weighted by molar-refractivity contribution is -0.131. The van der Waals surface area contributed by atoms with Crippen molar-refractivity contribution in [2.45, 2.75) is 0 Å². The summed E-state index contributed by atoms with van der Waals surface area (Å²) in [5.74, 6) is 0.432. The zero-order chi connectivity index (χ0) is 22.3. The van der Waals surface area contributed by atoms with Crippen molar-refractivity contribution < 1.29 is 17.9 Å². The summed E-state index contributed by atoms with van der Waals surface area (Å²) in [6.45, 7) is 3.28. The number of hydrogen-bond acceptors (Lipinski definition) is 5. The second-order valence-electron chi connectivity index (χ2n) is 7.46. The maximum absolute atomic E-state index is 12.8. The Morgan fingerprint density at radius 2 is 1.68 bits per heavy atom. The molecular weight excluding hydrogens is 414 g/mol. The molecule has 0 unspecified atom stereocenters. The van der Waals surface area contributed by atoms with Crippen molar-refractivity contribution in [3.05, 3.63) is 66.2 Å². The summed E-state index contributed by atoms with van der Waals surface area (Å²) in [6, 6.07) is 16.8. The van der Waals surface area contributed by atoms with Gasteiger partial charge in [0, 0.05) is 32.7 Å². The Hall–Kier alpha value is -2.84. The van der Waals surface area contributed by atoms with Crippen LogP contribution in [0, 0.1) is 0 Å². The molecule has 7 nitrogen and oxygen atoms in total. The Balaban J connectivity index is 1.54. The molecule has 1 aliphatic rings. The van der Waals surface area contributed by atoms with Gasteiger partial charge in [-0.15, -0.1) is 0 Å². The van der Waals surface area contributed by atoms with Gasteiger partial charge in [0.2, 0.25) is 15.9 Å². The lowest BCUT2D eigenvalue weighted by Crippen LogP contribution is -2.51. The zero-order valence-corrected chi connectivity index (χ0v) is 18.8. The molecule has 0 aliphatic carbocycles. The molecular formula is C23H29N3O4S. The molecule has 1 fully saturated rings. The summed E-state index contributed by atoms with van der Waals surface area (Å²) in [5.41, 5.74) is 1.61. The zero-order valence-electron chi connectivity index (χ0n) is 18.0. The van der Waals surface area contributed by atoms with Crippen molar-refractivity contribution in [2.24, 2.45) is 0 Å². The first-order valence-corrected chi connectivity index (χ1v) is 12.0. The summed E-state index contributed by atoms with van der Waals surface area (Å²) >= 11 is 0. The molecule has 2 aromatic carbocycles. The SMILES string of the molecule is COc1ccc(N(CC(=O)N2CCN(C/C=C/c3ccccc3)CC2)S(C)(=O)=O)cc1. The highest BCUT2D eigenvalue weighted by Crippen LogP contribution is 2.21. The predicted molar refractivity (Wildman–Crippen MR) is 124 cm³/mol. The van der Waals surface area contributed by atoms with Gasteiger partial charge in [-0.25, -0.2) is 8.42 Å². The van der Waals surface area contributed by atoms with Crippen LogP contribution in [0.5, 0.6) is 5.75 Å². The lowest BCUT2D eigenvalue weighted by Gasteiger charge is -2.35. The molecule has 1 aliphatic heterocycles. The molecule has 31 heavy (non-hydrogen) atoms. The van der Waals surface area contributed by atoms with E-state index in [4.69, 9.17) is 4.74 Å². The molecule has 0 radical (unpaired) electrons. The van der Waals surface area contributed by atoms with Crippen LogP contribution in [-0.2, 0) is 14.8 Å². The molecule has 1 saturated heterocycles. The topological polar surface area (TPSA) is 70.2 Å². The standard InChI is InChI=1S/C23H29N3O4S/c1-30-22-12-10-21(11-13-22)26(31(2,28)29)19-23(27)25-17-15-24(16-18-25)14-6-9-20-7-4-3-5-8-20/h3-13H,14-19H2,1-2H3/b9-6+. The number of nitrogens with zero attached hydrogens (tertiary/aromatic N) is 3. The third-order valence-corrected chi connectivity index (χ3v) is 6.38. The van der Waals surface area contributed by atoms with E-state index in [0.29, 0.717) is 24.5 Å². The fourth-order valence-corrected chi connectivity index (χ4v) is 4.30. The molecule has 2 aromatic rings. The minimum atomic E-state index is -3.59. The quantitative estimate of drug-likeness (QED) is 0.626. The van der Waals surface area contributed by atoms with Crippen molar-refractivity contribution in [3.63, 3.8) is 0 Å².